The molecule has 0 radical (unpaired) electrons. The number of amides is 1. The Hall–Kier alpha value is -4.73. The number of nitro groups is 1. The van der Waals surface area contributed by atoms with Crippen LogP contribution >= 0.6 is 0 Å². The number of rotatable bonds is 7. The van der Waals surface area contributed by atoms with Crippen LogP contribution in [-0.4, -0.2) is 22.3 Å². The number of carbonyl (C=O) groups is 2. The van der Waals surface area contributed by atoms with E-state index in [-0.39, 0.29) is 17.4 Å². The molecule has 2 fully saturated rings. The van der Waals surface area contributed by atoms with Gasteiger partial charge in [-0.15, -0.1) is 0 Å². The molecule has 2 unspecified atom stereocenters. The number of nitro benzene ring substituents is 1. The maximum absolute atomic E-state index is 13.8. The maximum atomic E-state index is 13.8. The van der Waals surface area contributed by atoms with Crippen molar-refractivity contribution in [2.75, 3.05) is 10.7 Å². The molecule has 39 heavy (non-hydrogen) atoms. The minimum atomic E-state index is -1.27. The number of fused-ring (bicyclic) bond motifs is 2. The van der Waals surface area contributed by atoms with Gasteiger partial charge in [0.05, 0.1) is 22.0 Å². The fourth-order valence-electron chi connectivity index (χ4n) is 5.71. The zero-order valence-corrected chi connectivity index (χ0v) is 21.8. The first-order valence-electron chi connectivity index (χ1n) is 12.6. The number of ketones is 1. The molecule has 198 valence electrons. The van der Waals surface area contributed by atoms with Gasteiger partial charge < -0.3 is 5.32 Å². The van der Waals surface area contributed by atoms with Crippen LogP contribution in [0.3, 0.4) is 0 Å². The van der Waals surface area contributed by atoms with E-state index in [1.165, 1.54) is 24.3 Å². The Morgan fingerprint density at radius 1 is 0.846 bits per heavy atom. The molecule has 3 aromatic carbocycles. The van der Waals surface area contributed by atoms with Gasteiger partial charge in [-0.2, -0.15) is 15.3 Å². The van der Waals surface area contributed by atoms with Crippen LogP contribution in [0.4, 0.5) is 28.4 Å². The summed E-state index contributed by atoms with van der Waals surface area (Å²) in [5, 5.41) is 26.7. The molecular weight excluding hydrogens is 496 g/mol. The van der Waals surface area contributed by atoms with Gasteiger partial charge in [0.2, 0.25) is 5.91 Å². The fraction of sp³-hybridized carbons (Fsp3) is 0.276. The number of anilines is 2. The summed E-state index contributed by atoms with van der Waals surface area (Å²) in [6.45, 7) is 5.85. The molecule has 10 heteroatoms. The van der Waals surface area contributed by atoms with Crippen LogP contribution in [0.25, 0.3) is 0 Å². The SMILES string of the molecule is CC12CCC(C(=O)Nc3ccc(N=Nc4ccccc4)cc3)(C(=O)/C1=N\Nc1ccc([N+](=O)[O-])cc1)C2(C)C. The van der Waals surface area contributed by atoms with Crippen molar-refractivity contribution in [1.29, 1.82) is 0 Å². The van der Waals surface area contributed by atoms with Crippen molar-refractivity contribution in [3.63, 3.8) is 0 Å². The van der Waals surface area contributed by atoms with Crippen molar-refractivity contribution in [3.8, 4) is 0 Å². The molecule has 0 saturated heterocycles. The van der Waals surface area contributed by atoms with Gasteiger partial charge in [0, 0.05) is 23.2 Å². The molecule has 10 nitrogen and oxygen atoms in total. The van der Waals surface area contributed by atoms with Gasteiger partial charge in [0.1, 0.15) is 11.1 Å². The summed E-state index contributed by atoms with van der Waals surface area (Å²) in [5.74, 6) is -0.665. The van der Waals surface area contributed by atoms with Crippen molar-refractivity contribution in [2.24, 2.45) is 31.6 Å². The summed E-state index contributed by atoms with van der Waals surface area (Å²) in [6, 6.07) is 22.1. The molecule has 5 rings (SSSR count). The van der Waals surface area contributed by atoms with Crippen molar-refractivity contribution in [2.45, 2.75) is 33.6 Å². The lowest BCUT2D eigenvalue weighted by Gasteiger charge is -2.37. The molecule has 2 aliphatic rings. The summed E-state index contributed by atoms with van der Waals surface area (Å²) >= 11 is 0. The highest BCUT2D eigenvalue weighted by Crippen LogP contribution is 2.69. The van der Waals surface area contributed by atoms with E-state index in [9.17, 15) is 19.7 Å². The van der Waals surface area contributed by atoms with Gasteiger partial charge >= 0.3 is 0 Å². The van der Waals surface area contributed by atoms with Crippen molar-refractivity contribution in [1.82, 2.24) is 0 Å². The number of hydrogen-bond acceptors (Lipinski definition) is 8. The highest BCUT2D eigenvalue weighted by atomic mass is 16.6. The predicted octanol–water partition coefficient (Wildman–Crippen LogP) is 6.81. The first kappa shape index (κ1) is 25.9. The number of hydrazone groups is 1. The van der Waals surface area contributed by atoms with Crippen LogP contribution in [0.5, 0.6) is 0 Å². The number of nitrogens with one attached hydrogen (secondary N) is 2. The number of carbonyl (C=O) groups excluding carboxylic acids is 2. The Labute approximate surface area is 225 Å². The Morgan fingerprint density at radius 2 is 1.44 bits per heavy atom. The first-order valence-corrected chi connectivity index (χ1v) is 12.6. The van der Waals surface area contributed by atoms with E-state index in [1.807, 2.05) is 51.1 Å². The average Bonchev–Trinajstić information content (AvgIpc) is 3.21. The van der Waals surface area contributed by atoms with Crippen LogP contribution < -0.4 is 10.7 Å². The van der Waals surface area contributed by atoms with Crippen LogP contribution in [0.2, 0.25) is 0 Å². The van der Waals surface area contributed by atoms with Crippen molar-refractivity contribution in [3.05, 3.63) is 89.0 Å². The van der Waals surface area contributed by atoms with Crippen molar-refractivity contribution < 1.29 is 14.5 Å². The molecule has 2 aliphatic carbocycles. The number of Topliss-reactive ketones (excluding diaryl/α,β-unsaturated/α-hetero) is 1. The summed E-state index contributed by atoms with van der Waals surface area (Å²) < 4.78 is 0. The third kappa shape index (κ3) is 4.18. The van der Waals surface area contributed by atoms with Crippen LogP contribution in [-0.2, 0) is 9.59 Å². The van der Waals surface area contributed by atoms with Crippen LogP contribution in [0.15, 0.2) is 94.2 Å². The topological polar surface area (TPSA) is 138 Å². The zero-order valence-electron chi connectivity index (χ0n) is 21.8. The third-order valence-electron chi connectivity index (χ3n) is 8.50. The second kappa shape index (κ2) is 9.54. The molecule has 0 aliphatic heterocycles. The van der Waals surface area contributed by atoms with E-state index in [0.29, 0.717) is 35.6 Å². The zero-order chi connectivity index (χ0) is 27.8. The number of hydrogen-bond donors (Lipinski definition) is 2. The van der Waals surface area contributed by atoms with Gasteiger partial charge in [-0.3, -0.25) is 25.1 Å². The largest absolute Gasteiger partial charge is 0.325 e. The standard InChI is InChI=1S/C29H28N6O4/c1-27(2)28(3)17-18-29(27,25(36)24(28)34-33-22-13-15-23(16-14-22)35(38)39)26(37)30-19-9-11-21(12-10-19)32-31-20-7-5-4-6-8-20/h4-16,33H,17-18H2,1-3H3,(H,30,37)/b32-31?,34-24+. The molecule has 2 atom stereocenters. The Balaban J connectivity index is 1.35. The molecular formula is C29H28N6O4. The smallest absolute Gasteiger partial charge is 0.269 e. The first-order chi connectivity index (χ1) is 18.6. The van der Waals surface area contributed by atoms with E-state index in [0.717, 1.165) is 5.69 Å². The number of benzene rings is 3. The minimum absolute atomic E-state index is 0.0415. The van der Waals surface area contributed by atoms with E-state index < -0.39 is 21.2 Å². The van der Waals surface area contributed by atoms with Gasteiger partial charge in [-0.25, -0.2) is 0 Å². The second-order valence-electron chi connectivity index (χ2n) is 10.6. The number of azo groups is 1. The molecule has 3 aromatic rings. The third-order valence-corrected chi connectivity index (χ3v) is 8.50. The Morgan fingerprint density at radius 3 is 2.05 bits per heavy atom. The van der Waals surface area contributed by atoms with E-state index in [1.54, 1.807) is 24.3 Å². The van der Waals surface area contributed by atoms with Crippen molar-refractivity contribution >= 4 is 45.8 Å². The predicted molar refractivity (Wildman–Crippen MR) is 148 cm³/mol. The van der Waals surface area contributed by atoms with Gasteiger partial charge in [0.25, 0.3) is 5.69 Å². The average molecular weight is 525 g/mol. The Kier molecular flexibility index (Phi) is 6.33. The lowest BCUT2D eigenvalue weighted by molar-refractivity contribution is -0.384. The quantitative estimate of drug-likeness (QED) is 0.151. The molecule has 0 spiro atoms. The second-order valence-corrected chi connectivity index (χ2v) is 10.6. The van der Waals surface area contributed by atoms with E-state index >= 15 is 0 Å². The maximum Gasteiger partial charge on any atom is 0.269 e. The summed E-state index contributed by atoms with van der Waals surface area (Å²) in [7, 11) is 0. The fourth-order valence-corrected chi connectivity index (χ4v) is 5.71. The molecule has 2 saturated carbocycles. The number of non-ortho nitro benzene ring substituents is 1. The normalized spacial score (nSPS) is 24.3. The summed E-state index contributed by atoms with van der Waals surface area (Å²) in [6.07, 6.45) is 1.04. The molecule has 2 bridgehead atoms. The van der Waals surface area contributed by atoms with E-state index in [4.69, 9.17) is 0 Å². The highest BCUT2D eigenvalue weighted by molar-refractivity contribution is 6.51. The van der Waals surface area contributed by atoms with Crippen LogP contribution in [0.1, 0.15) is 33.6 Å². The Bertz CT molecular complexity index is 1500. The van der Waals surface area contributed by atoms with Gasteiger partial charge in [-0.1, -0.05) is 39.0 Å². The summed E-state index contributed by atoms with van der Waals surface area (Å²) in [5.41, 5.74) is 2.96. The number of nitrogens with zero attached hydrogens (tertiary/aromatic N) is 4. The lowest BCUT2D eigenvalue weighted by atomic mass is 9.64. The molecule has 1 amide bonds. The lowest BCUT2D eigenvalue weighted by Crippen LogP contribution is -2.47. The van der Waals surface area contributed by atoms with E-state index in [2.05, 4.69) is 26.1 Å². The van der Waals surface area contributed by atoms with Gasteiger partial charge in [-0.05, 0) is 66.8 Å². The highest BCUT2D eigenvalue weighted by Gasteiger charge is 2.76. The molecule has 0 heterocycles. The van der Waals surface area contributed by atoms with Gasteiger partial charge in [0.15, 0.2) is 5.78 Å². The molecule has 0 aromatic heterocycles. The monoisotopic (exact) mass is 524 g/mol. The minimum Gasteiger partial charge on any atom is -0.325 e. The molecule has 2 N–H and O–H groups in total. The van der Waals surface area contributed by atoms with Crippen LogP contribution in [0, 0.1) is 26.4 Å². The summed E-state index contributed by atoms with van der Waals surface area (Å²) in [4.78, 5) is 38.0.